The smallest absolute Gasteiger partial charge is 0.131 e. The highest BCUT2D eigenvalue weighted by Gasteiger charge is 2.08. The fourth-order valence-electron chi connectivity index (χ4n) is 1.46. The number of nitrogens with zero attached hydrogens (tertiary/aromatic N) is 1. The van der Waals surface area contributed by atoms with Crippen LogP contribution in [-0.2, 0) is 6.61 Å². The number of ether oxygens (including phenoxy) is 1. The van der Waals surface area contributed by atoms with Gasteiger partial charge in [-0.2, -0.15) is 0 Å². The van der Waals surface area contributed by atoms with E-state index in [2.05, 4.69) is 20.9 Å². The van der Waals surface area contributed by atoms with E-state index < -0.39 is 0 Å². The van der Waals surface area contributed by atoms with Crippen LogP contribution in [0.3, 0.4) is 0 Å². The van der Waals surface area contributed by atoms with E-state index in [0.29, 0.717) is 22.9 Å². The number of rotatable bonds is 4. The van der Waals surface area contributed by atoms with E-state index in [4.69, 9.17) is 34.3 Å². The molecule has 1 aromatic heterocycles. The summed E-state index contributed by atoms with van der Waals surface area (Å²) in [4.78, 5) is 4.49. The summed E-state index contributed by atoms with van der Waals surface area (Å²) in [6.45, 7) is 0.323. The highest BCUT2D eigenvalue weighted by Crippen LogP contribution is 2.24. The van der Waals surface area contributed by atoms with Crippen LogP contribution >= 0.6 is 39.7 Å². The lowest BCUT2D eigenvalue weighted by Gasteiger charge is -2.10. The third-order valence-electron chi connectivity index (χ3n) is 2.37. The monoisotopic (exact) mass is 356 g/mol. The lowest BCUT2D eigenvalue weighted by molar-refractivity contribution is 0.301. The average molecular weight is 358 g/mol. The van der Waals surface area contributed by atoms with Crippen LogP contribution in [0.2, 0.25) is 5.02 Å². The molecule has 98 valence electrons. The second-order valence-electron chi connectivity index (χ2n) is 3.76. The molecule has 2 aromatic rings. The molecule has 0 saturated heterocycles. The van der Waals surface area contributed by atoms with Crippen molar-refractivity contribution >= 4 is 44.7 Å². The molecule has 0 atom stereocenters. The molecular weight excluding hydrogens is 348 g/mol. The summed E-state index contributed by atoms with van der Waals surface area (Å²) < 4.78 is 6.59. The SMILES string of the molecule is NC(=S)c1ccc(Cl)cc1OCc1ccc(Br)cn1. The zero-order chi connectivity index (χ0) is 13.8. The number of thiocarbonyl (C=S) groups is 1. The molecule has 0 amide bonds. The Bertz CT molecular complexity index is 604. The van der Waals surface area contributed by atoms with Gasteiger partial charge >= 0.3 is 0 Å². The number of hydrogen-bond acceptors (Lipinski definition) is 3. The van der Waals surface area contributed by atoms with Gasteiger partial charge in [-0.1, -0.05) is 23.8 Å². The fourth-order valence-corrected chi connectivity index (χ4v) is 2.03. The van der Waals surface area contributed by atoms with E-state index in [1.54, 1.807) is 24.4 Å². The Balaban J connectivity index is 2.16. The molecule has 1 heterocycles. The predicted molar refractivity (Wildman–Crippen MR) is 83.6 cm³/mol. The van der Waals surface area contributed by atoms with Crippen molar-refractivity contribution in [3.05, 3.63) is 57.3 Å². The van der Waals surface area contributed by atoms with Crippen LogP contribution in [0.1, 0.15) is 11.3 Å². The standard InChI is InChI=1S/C13H10BrClN2OS/c14-8-1-3-10(17-6-8)7-18-12-5-9(15)2-4-11(12)13(16)19/h1-6H,7H2,(H2,16,19). The summed E-state index contributed by atoms with van der Waals surface area (Å²) in [5, 5.41) is 0.568. The molecule has 0 unspecified atom stereocenters. The molecule has 0 aliphatic rings. The van der Waals surface area contributed by atoms with Gasteiger partial charge in [-0.15, -0.1) is 0 Å². The number of aromatic nitrogens is 1. The lowest BCUT2D eigenvalue weighted by Crippen LogP contribution is -2.11. The van der Waals surface area contributed by atoms with Crippen molar-refractivity contribution in [2.75, 3.05) is 0 Å². The van der Waals surface area contributed by atoms with Crippen molar-refractivity contribution in [3.63, 3.8) is 0 Å². The summed E-state index contributed by atoms with van der Waals surface area (Å²) in [5.41, 5.74) is 7.11. The highest BCUT2D eigenvalue weighted by molar-refractivity contribution is 9.10. The number of benzene rings is 1. The minimum Gasteiger partial charge on any atom is -0.487 e. The van der Waals surface area contributed by atoms with E-state index in [1.807, 2.05) is 12.1 Å². The zero-order valence-electron chi connectivity index (χ0n) is 9.77. The van der Waals surface area contributed by atoms with Crippen molar-refractivity contribution in [1.82, 2.24) is 4.98 Å². The Labute approximate surface area is 129 Å². The molecule has 2 rings (SSSR count). The second kappa shape index (κ2) is 6.32. The number of nitrogens with two attached hydrogens (primary N) is 1. The van der Waals surface area contributed by atoms with Crippen LogP contribution in [0.5, 0.6) is 5.75 Å². The summed E-state index contributed by atoms with van der Waals surface area (Å²) in [5.74, 6) is 0.560. The molecule has 6 heteroatoms. The van der Waals surface area contributed by atoms with Crippen LogP contribution in [0.15, 0.2) is 41.0 Å². The molecule has 2 N–H and O–H groups in total. The Morgan fingerprint density at radius 3 is 2.79 bits per heavy atom. The Morgan fingerprint density at radius 1 is 1.37 bits per heavy atom. The van der Waals surface area contributed by atoms with Crippen molar-refractivity contribution in [2.45, 2.75) is 6.61 Å². The van der Waals surface area contributed by atoms with Gasteiger partial charge in [0.05, 0.1) is 11.3 Å². The largest absolute Gasteiger partial charge is 0.487 e. The Kier molecular flexibility index (Phi) is 4.74. The molecule has 3 nitrogen and oxygen atoms in total. The first-order chi connectivity index (χ1) is 9.06. The Hall–Kier alpha value is -1.17. The molecule has 0 aliphatic carbocycles. The van der Waals surface area contributed by atoms with Crippen molar-refractivity contribution < 1.29 is 4.74 Å². The first-order valence-corrected chi connectivity index (χ1v) is 6.97. The van der Waals surface area contributed by atoms with Crippen LogP contribution in [0, 0.1) is 0 Å². The van der Waals surface area contributed by atoms with E-state index in [1.165, 1.54) is 0 Å². The summed E-state index contributed by atoms with van der Waals surface area (Å²) in [6, 6.07) is 8.93. The molecule has 0 saturated carbocycles. The number of halogens is 2. The van der Waals surface area contributed by atoms with Crippen LogP contribution < -0.4 is 10.5 Å². The first kappa shape index (κ1) is 14.2. The van der Waals surface area contributed by atoms with Gasteiger partial charge in [0.1, 0.15) is 17.3 Å². The van der Waals surface area contributed by atoms with E-state index in [9.17, 15) is 0 Å². The first-order valence-electron chi connectivity index (χ1n) is 5.39. The van der Waals surface area contributed by atoms with Crippen molar-refractivity contribution in [2.24, 2.45) is 5.73 Å². The fraction of sp³-hybridized carbons (Fsp3) is 0.0769. The third kappa shape index (κ3) is 3.89. The molecule has 0 aliphatic heterocycles. The zero-order valence-corrected chi connectivity index (χ0v) is 12.9. The normalized spacial score (nSPS) is 10.2. The number of pyridine rings is 1. The van der Waals surface area contributed by atoms with E-state index in [-0.39, 0.29) is 4.99 Å². The molecular formula is C13H10BrClN2OS. The maximum Gasteiger partial charge on any atom is 0.131 e. The van der Waals surface area contributed by atoms with Crippen molar-refractivity contribution in [1.29, 1.82) is 0 Å². The molecule has 0 radical (unpaired) electrons. The van der Waals surface area contributed by atoms with E-state index in [0.717, 1.165) is 10.2 Å². The topological polar surface area (TPSA) is 48.1 Å². The molecule has 0 bridgehead atoms. The minimum absolute atomic E-state index is 0.274. The summed E-state index contributed by atoms with van der Waals surface area (Å²) in [7, 11) is 0. The van der Waals surface area contributed by atoms with E-state index >= 15 is 0 Å². The molecule has 0 spiro atoms. The van der Waals surface area contributed by atoms with Gasteiger partial charge in [-0.3, -0.25) is 4.98 Å². The molecule has 19 heavy (non-hydrogen) atoms. The molecule has 0 fully saturated rings. The minimum atomic E-state index is 0.274. The second-order valence-corrected chi connectivity index (χ2v) is 5.55. The maximum atomic E-state index is 5.94. The van der Waals surface area contributed by atoms with Crippen LogP contribution in [0.25, 0.3) is 0 Å². The van der Waals surface area contributed by atoms with Gasteiger partial charge in [-0.05, 0) is 46.3 Å². The maximum absolute atomic E-state index is 5.94. The third-order valence-corrected chi connectivity index (χ3v) is 3.30. The van der Waals surface area contributed by atoms with Crippen LogP contribution in [0.4, 0.5) is 0 Å². The summed E-state index contributed by atoms with van der Waals surface area (Å²) >= 11 is 14.2. The molecule has 1 aromatic carbocycles. The lowest BCUT2D eigenvalue weighted by atomic mass is 10.2. The van der Waals surface area contributed by atoms with Gasteiger partial charge in [0, 0.05) is 15.7 Å². The Morgan fingerprint density at radius 2 is 2.16 bits per heavy atom. The van der Waals surface area contributed by atoms with Crippen LogP contribution in [-0.4, -0.2) is 9.97 Å². The van der Waals surface area contributed by atoms with Gasteiger partial charge in [-0.25, -0.2) is 0 Å². The predicted octanol–water partition coefficient (Wildman–Crippen LogP) is 3.71. The van der Waals surface area contributed by atoms with Crippen molar-refractivity contribution in [3.8, 4) is 5.75 Å². The van der Waals surface area contributed by atoms with Gasteiger partial charge in [0.15, 0.2) is 0 Å². The average Bonchev–Trinajstić information content (AvgIpc) is 2.38. The van der Waals surface area contributed by atoms with Gasteiger partial charge in [0.25, 0.3) is 0 Å². The van der Waals surface area contributed by atoms with Gasteiger partial charge in [0.2, 0.25) is 0 Å². The quantitative estimate of drug-likeness (QED) is 0.847. The number of hydrogen-bond donors (Lipinski definition) is 1. The highest BCUT2D eigenvalue weighted by atomic mass is 79.9. The van der Waals surface area contributed by atoms with Gasteiger partial charge < -0.3 is 10.5 Å². The summed E-state index contributed by atoms with van der Waals surface area (Å²) in [6.07, 6.45) is 1.71.